The van der Waals surface area contributed by atoms with Crippen LogP contribution in [0.3, 0.4) is 0 Å². The number of nitrogens with zero attached hydrogens (tertiary/aromatic N) is 1. The van der Waals surface area contributed by atoms with Crippen LogP contribution in [0.4, 0.5) is 0 Å². The maximum Gasteiger partial charge on any atom is 0.262 e. The molecule has 0 saturated carbocycles. The average Bonchev–Trinajstić information content (AvgIpc) is 3.18. The molecule has 2 aromatic carbocycles. The molecule has 124 valence electrons. The first-order valence-electron chi connectivity index (χ1n) is 8.49. The predicted octanol–water partition coefficient (Wildman–Crippen LogP) is 5.85. The normalized spacial score (nSPS) is 11.2. The average molecular weight is 353 g/mol. The van der Waals surface area contributed by atoms with Gasteiger partial charge in [0, 0.05) is 11.8 Å². The summed E-state index contributed by atoms with van der Waals surface area (Å²) in [6.07, 6.45) is 1.87. The maximum absolute atomic E-state index is 13.0. The molecule has 5 aromatic rings. The van der Waals surface area contributed by atoms with E-state index in [4.69, 9.17) is 0 Å². The molecular weight excluding hydrogens is 338 g/mol. The Labute approximate surface area is 154 Å². The Morgan fingerprint density at radius 1 is 0.692 bits per heavy atom. The Kier molecular flexibility index (Phi) is 3.47. The molecule has 2 nitrogen and oxygen atoms in total. The third-order valence-electron chi connectivity index (χ3n) is 4.75. The van der Waals surface area contributed by atoms with Crippen LogP contribution in [0.5, 0.6) is 0 Å². The Hall–Kier alpha value is -3.17. The minimum absolute atomic E-state index is 0.0188. The van der Waals surface area contributed by atoms with Crippen molar-refractivity contribution in [1.82, 2.24) is 4.40 Å². The summed E-state index contributed by atoms with van der Waals surface area (Å²) in [5.41, 5.74) is 4.97. The molecule has 3 aromatic heterocycles. The Morgan fingerprint density at radius 3 is 2.23 bits per heavy atom. The number of fused-ring (bicyclic) bond motifs is 3. The molecular formula is C23H15NOS. The van der Waals surface area contributed by atoms with Gasteiger partial charge < -0.3 is 0 Å². The van der Waals surface area contributed by atoms with E-state index in [0.717, 1.165) is 26.9 Å². The molecule has 0 spiro atoms. The van der Waals surface area contributed by atoms with Crippen molar-refractivity contribution in [2.24, 2.45) is 0 Å². The summed E-state index contributed by atoms with van der Waals surface area (Å²) in [6, 6.07) is 26.5. The van der Waals surface area contributed by atoms with E-state index in [0.29, 0.717) is 0 Å². The van der Waals surface area contributed by atoms with Gasteiger partial charge in [-0.05, 0) is 51.7 Å². The number of aromatic nitrogens is 1. The lowest BCUT2D eigenvalue weighted by molar-refractivity contribution is 1.11. The maximum atomic E-state index is 13.0. The second kappa shape index (κ2) is 5.97. The van der Waals surface area contributed by atoms with E-state index in [-0.39, 0.29) is 5.56 Å². The van der Waals surface area contributed by atoms with Crippen LogP contribution in [-0.2, 0) is 0 Å². The quantitative estimate of drug-likeness (QED) is 0.390. The van der Waals surface area contributed by atoms with Gasteiger partial charge in [0.05, 0.1) is 10.2 Å². The van der Waals surface area contributed by atoms with E-state index in [1.807, 2.05) is 54.7 Å². The lowest BCUT2D eigenvalue weighted by atomic mass is 10.0. The van der Waals surface area contributed by atoms with E-state index in [1.165, 1.54) is 10.9 Å². The van der Waals surface area contributed by atoms with Crippen LogP contribution in [0.15, 0.2) is 95.2 Å². The first-order valence-corrected chi connectivity index (χ1v) is 9.37. The van der Waals surface area contributed by atoms with E-state index < -0.39 is 0 Å². The third kappa shape index (κ3) is 2.37. The summed E-state index contributed by atoms with van der Waals surface area (Å²) in [6.45, 7) is 0. The fourth-order valence-corrected chi connectivity index (χ4v) is 4.30. The highest BCUT2D eigenvalue weighted by atomic mass is 32.1. The largest absolute Gasteiger partial charge is 0.282 e. The van der Waals surface area contributed by atoms with Gasteiger partial charge in [-0.15, -0.1) is 11.3 Å². The number of hydrogen-bond donors (Lipinski definition) is 0. The van der Waals surface area contributed by atoms with Gasteiger partial charge in [0.25, 0.3) is 5.56 Å². The zero-order valence-electron chi connectivity index (χ0n) is 13.9. The zero-order chi connectivity index (χ0) is 17.5. The molecule has 3 heterocycles. The molecule has 0 bridgehead atoms. The lowest BCUT2D eigenvalue weighted by Crippen LogP contribution is -2.15. The fraction of sp³-hybridized carbons (Fsp3) is 0. The number of benzene rings is 2. The highest BCUT2D eigenvalue weighted by molar-refractivity contribution is 7.18. The minimum Gasteiger partial charge on any atom is -0.282 e. The number of rotatable bonds is 2. The van der Waals surface area contributed by atoms with Crippen LogP contribution >= 0.6 is 11.3 Å². The van der Waals surface area contributed by atoms with E-state index in [1.54, 1.807) is 15.7 Å². The predicted molar refractivity (Wildman–Crippen MR) is 110 cm³/mol. The SMILES string of the molecule is O=c1c(-c2ccc(-c3ccccc3)cc2)ccc2c3sccc3ccn12. The van der Waals surface area contributed by atoms with Crippen molar-refractivity contribution in [3.8, 4) is 22.3 Å². The monoisotopic (exact) mass is 353 g/mol. The van der Waals surface area contributed by atoms with Crippen molar-refractivity contribution in [3.05, 3.63) is 101 Å². The number of hydrogen-bond acceptors (Lipinski definition) is 2. The molecule has 3 heteroatoms. The molecule has 0 atom stereocenters. The van der Waals surface area contributed by atoms with Crippen LogP contribution in [-0.4, -0.2) is 4.40 Å². The fourth-order valence-electron chi connectivity index (χ4n) is 3.39. The first-order chi connectivity index (χ1) is 12.8. The Morgan fingerprint density at radius 2 is 1.42 bits per heavy atom. The van der Waals surface area contributed by atoms with Gasteiger partial charge in [-0.2, -0.15) is 0 Å². The second-order valence-corrected chi connectivity index (χ2v) is 7.19. The Bertz CT molecular complexity index is 1280. The van der Waals surface area contributed by atoms with Crippen LogP contribution in [0.2, 0.25) is 0 Å². The highest BCUT2D eigenvalue weighted by Crippen LogP contribution is 2.27. The van der Waals surface area contributed by atoms with E-state index >= 15 is 0 Å². The number of pyridine rings is 2. The van der Waals surface area contributed by atoms with E-state index in [9.17, 15) is 4.79 Å². The molecule has 0 saturated heterocycles. The molecule has 0 fully saturated rings. The Balaban J connectivity index is 1.64. The minimum atomic E-state index is 0.0188. The van der Waals surface area contributed by atoms with Crippen molar-refractivity contribution in [1.29, 1.82) is 0 Å². The van der Waals surface area contributed by atoms with Crippen molar-refractivity contribution in [2.75, 3.05) is 0 Å². The van der Waals surface area contributed by atoms with Gasteiger partial charge in [0.1, 0.15) is 0 Å². The van der Waals surface area contributed by atoms with Crippen LogP contribution in [0.1, 0.15) is 0 Å². The van der Waals surface area contributed by atoms with Crippen LogP contribution < -0.4 is 5.56 Å². The molecule has 5 rings (SSSR count). The highest BCUT2D eigenvalue weighted by Gasteiger charge is 2.09. The summed E-state index contributed by atoms with van der Waals surface area (Å²) in [7, 11) is 0. The van der Waals surface area contributed by atoms with Crippen molar-refractivity contribution in [3.63, 3.8) is 0 Å². The van der Waals surface area contributed by atoms with Gasteiger partial charge in [-0.1, -0.05) is 54.6 Å². The topological polar surface area (TPSA) is 21.5 Å². The van der Waals surface area contributed by atoms with Crippen LogP contribution in [0, 0.1) is 0 Å². The molecule has 0 unspecified atom stereocenters. The van der Waals surface area contributed by atoms with Crippen LogP contribution in [0.25, 0.3) is 37.9 Å². The van der Waals surface area contributed by atoms with Crippen molar-refractivity contribution in [2.45, 2.75) is 0 Å². The summed E-state index contributed by atoms with van der Waals surface area (Å²) < 4.78 is 2.90. The molecule has 0 radical (unpaired) electrons. The lowest BCUT2D eigenvalue weighted by Gasteiger charge is -2.07. The van der Waals surface area contributed by atoms with Crippen molar-refractivity contribution < 1.29 is 0 Å². The molecule has 26 heavy (non-hydrogen) atoms. The van der Waals surface area contributed by atoms with Gasteiger partial charge >= 0.3 is 0 Å². The third-order valence-corrected chi connectivity index (χ3v) is 5.70. The summed E-state index contributed by atoms with van der Waals surface area (Å²) in [5, 5.41) is 3.24. The smallest absolute Gasteiger partial charge is 0.262 e. The summed E-state index contributed by atoms with van der Waals surface area (Å²) in [5.74, 6) is 0. The molecule has 0 amide bonds. The standard InChI is InChI=1S/C23H15NOS/c25-23-20(10-11-21-22-19(13-15-26-22)12-14-24(21)23)18-8-6-17(7-9-18)16-4-2-1-3-5-16/h1-15H. The van der Waals surface area contributed by atoms with Gasteiger partial charge in [0.15, 0.2) is 0 Å². The van der Waals surface area contributed by atoms with Gasteiger partial charge in [0.2, 0.25) is 0 Å². The molecule has 0 N–H and O–H groups in total. The summed E-state index contributed by atoms with van der Waals surface area (Å²) >= 11 is 1.67. The molecule has 0 aliphatic heterocycles. The van der Waals surface area contributed by atoms with Gasteiger partial charge in [-0.3, -0.25) is 9.20 Å². The molecule has 0 aliphatic rings. The first kappa shape index (κ1) is 15.1. The van der Waals surface area contributed by atoms with E-state index in [2.05, 4.69) is 35.7 Å². The zero-order valence-corrected chi connectivity index (χ0v) is 14.7. The summed E-state index contributed by atoms with van der Waals surface area (Å²) in [4.78, 5) is 13.0. The second-order valence-electron chi connectivity index (χ2n) is 6.27. The van der Waals surface area contributed by atoms with Gasteiger partial charge in [-0.25, -0.2) is 0 Å². The number of thiophene rings is 1. The van der Waals surface area contributed by atoms with Crippen molar-refractivity contribution >= 4 is 26.9 Å². The molecule has 0 aliphatic carbocycles.